The van der Waals surface area contributed by atoms with E-state index in [9.17, 15) is 14.7 Å². The third-order valence-corrected chi connectivity index (χ3v) is 8.04. The molecule has 1 saturated heterocycles. The molecule has 2 heterocycles. The Bertz CT molecular complexity index is 670. The maximum Gasteiger partial charge on any atom is 0.309 e. The lowest BCUT2D eigenvalue weighted by Gasteiger charge is -2.65. The van der Waals surface area contributed by atoms with Crippen LogP contribution in [0, 0.1) is 22.7 Å². The molecular weight excluding hydrogens is 320 g/mol. The Balaban J connectivity index is 1.87. The van der Waals surface area contributed by atoms with E-state index in [4.69, 9.17) is 9.78 Å². The summed E-state index contributed by atoms with van der Waals surface area (Å²) in [5.41, 5.74) is -1.87. The summed E-state index contributed by atoms with van der Waals surface area (Å²) in [4.78, 5) is 37.1. The van der Waals surface area contributed by atoms with Crippen molar-refractivity contribution in [2.75, 3.05) is 0 Å². The van der Waals surface area contributed by atoms with Gasteiger partial charge in [-0.05, 0) is 50.5 Å². The van der Waals surface area contributed by atoms with Gasteiger partial charge in [0.1, 0.15) is 11.2 Å². The van der Waals surface area contributed by atoms with Crippen LogP contribution in [0.5, 0.6) is 0 Å². The van der Waals surface area contributed by atoms with Crippen LogP contribution in [0.4, 0.5) is 0 Å². The number of fused-ring (bicyclic) bond motifs is 3. The molecule has 0 aromatic rings. The summed E-state index contributed by atoms with van der Waals surface area (Å²) in [6.07, 6.45) is 6.16. The van der Waals surface area contributed by atoms with Crippen molar-refractivity contribution >= 4 is 11.8 Å². The first kappa shape index (κ1) is 17.2. The molecule has 5 heteroatoms. The molecule has 138 valence electrons. The first-order valence-electron chi connectivity index (χ1n) is 9.48. The van der Waals surface area contributed by atoms with Crippen LogP contribution in [0.2, 0.25) is 0 Å². The van der Waals surface area contributed by atoms with Gasteiger partial charge in [0.2, 0.25) is 0 Å². The van der Waals surface area contributed by atoms with E-state index >= 15 is 0 Å². The van der Waals surface area contributed by atoms with Gasteiger partial charge >= 0.3 is 5.97 Å². The van der Waals surface area contributed by atoms with Crippen molar-refractivity contribution in [3.8, 4) is 0 Å². The maximum absolute atomic E-state index is 13.1. The maximum atomic E-state index is 13.1. The molecule has 0 unspecified atom stereocenters. The number of ketones is 1. The number of hydrogen-bond acceptors (Lipinski definition) is 4. The molecule has 0 radical (unpaired) electrons. The Morgan fingerprint density at radius 2 is 1.92 bits per heavy atom. The van der Waals surface area contributed by atoms with Gasteiger partial charge in [0, 0.05) is 17.4 Å². The summed E-state index contributed by atoms with van der Waals surface area (Å²) in [7, 11) is 0. The molecule has 2 bridgehead atoms. The third-order valence-electron chi connectivity index (χ3n) is 8.04. The minimum atomic E-state index is -0.893. The summed E-state index contributed by atoms with van der Waals surface area (Å²) < 4.78 is 0. The summed E-state index contributed by atoms with van der Waals surface area (Å²) >= 11 is 0. The van der Waals surface area contributed by atoms with Gasteiger partial charge in [0.25, 0.3) is 0 Å². The van der Waals surface area contributed by atoms with Crippen molar-refractivity contribution < 1.29 is 24.5 Å². The molecule has 25 heavy (non-hydrogen) atoms. The summed E-state index contributed by atoms with van der Waals surface area (Å²) in [5, 5.41) is 9.92. The van der Waals surface area contributed by atoms with Crippen molar-refractivity contribution in [3.05, 3.63) is 11.6 Å². The molecule has 2 aliphatic heterocycles. The molecule has 0 aromatic carbocycles. The van der Waals surface area contributed by atoms with Crippen molar-refractivity contribution in [2.24, 2.45) is 22.7 Å². The lowest BCUT2D eigenvalue weighted by Crippen LogP contribution is -2.69. The van der Waals surface area contributed by atoms with Gasteiger partial charge in [0.15, 0.2) is 5.78 Å². The highest BCUT2D eigenvalue weighted by Gasteiger charge is 2.71. The van der Waals surface area contributed by atoms with Crippen LogP contribution in [0.3, 0.4) is 0 Å². The molecule has 3 aliphatic carbocycles. The van der Waals surface area contributed by atoms with Crippen LogP contribution in [-0.4, -0.2) is 28.1 Å². The van der Waals surface area contributed by atoms with E-state index in [0.29, 0.717) is 12.8 Å². The van der Waals surface area contributed by atoms with Gasteiger partial charge in [-0.2, -0.15) is 0 Å². The van der Waals surface area contributed by atoms with Crippen LogP contribution in [0.25, 0.3) is 0 Å². The minimum Gasteiger partial charge on any atom is -0.481 e. The summed E-state index contributed by atoms with van der Waals surface area (Å²) in [5.74, 6) is -0.773. The number of carboxylic acid groups (broad SMARTS) is 1. The topological polar surface area (TPSA) is 72.8 Å². The van der Waals surface area contributed by atoms with E-state index in [1.165, 1.54) is 0 Å². The summed E-state index contributed by atoms with van der Waals surface area (Å²) in [6.45, 7) is 8.09. The van der Waals surface area contributed by atoms with Crippen molar-refractivity contribution in [2.45, 2.75) is 77.4 Å². The second-order valence-corrected chi connectivity index (χ2v) is 9.33. The largest absolute Gasteiger partial charge is 0.481 e. The highest BCUT2D eigenvalue weighted by molar-refractivity contribution is 6.00. The van der Waals surface area contributed by atoms with E-state index in [1.54, 1.807) is 6.92 Å². The standard InChI is InChI=1S/C20H28O5/c1-12(2)19-8-9-20(25-24-19)13(11-19)14(21)10-15-17(3,16(22)23)6-5-7-18(15,20)4/h11-12,15H,5-10H2,1-4H3,(H,22,23)/t15-,17+,18-,19-,20-/m0/s1. The SMILES string of the molecule is CC(C)[C@@]12C=C3C(=O)C[C@H]4[C@](C)(C(=O)O)CCC[C@]4(C)[C@@]3(CC1)OO2. The molecule has 1 spiro atoms. The fraction of sp³-hybridized carbons (Fsp3) is 0.800. The number of carbonyl (C=O) groups excluding carboxylic acids is 1. The predicted molar refractivity (Wildman–Crippen MR) is 90.6 cm³/mol. The zero-order chi connectivity index (χ0) is 18.3. The Hall–Kier alpha value is -1.20. The van der Waals surface area contributed by atoms with Gasteiger partial charge in [0.05, 0.1) is 5.41 Å². The smallest absolute Gasteiger partial charge is 0.309 e. The van der Waals surface area contributed by atoms with Crippen LogP contribution in [-0.2, 0) is 19.4 Å². The second kappa shape index (κ2) is 4.95. The molecule has 2 saturated carbocycles. The number of carboxylic acids is 1. The highest BCUT2D eigenvalue weighted by atomic mass is 17.2. The van der Waals surface area contributed by atoms with E-state index in [0.717, 1.165) is 31.3 Å². The molecular formula is C20H28O5. The van der Waals surface area contributed by atoms with E-state index in [1.807, 2.05) is 6.08 Å². The first-order valence-corrected chi connectivity index (χ1v) is 9.48. The van der Waals surface area contributed by atoms with E-state index in [2.05, 4.69) is 20.8 Å². The molecule has 0 amide bonds. The van der Waals surface area contributed by atoms with Crippen LogP contribution in [0.1, 0.15) is 66.2 Å². The second-order valence-electron chi connectivity index (χ2n) is 9.33. The fourth-order valence-corrected chi connectivity index (χ4v) is 6.15. The lowest BCUT2D eigenvalue weighted by molar-refractivity contribution is -0.462. The Kier molecular flexibility index (Phi) is 3.41. The molecule has 0 aromatic heterocycles. The average molecular weight is 348 g/mol. The number of hydrogen-bond donors (Lipinski definition) is 1. The van der Waals surface area contributed by atoms with Crippen LogP contribution < -0.4 is 0 Å². The van der Waals surface area contributed by atoms with Gasteiger partial charge in [-0.1, -0.05) is 27.2 Å². The Morgan fingerprint density at radius 3 is 2.48 bits per heavy atom. The van der Waals surface area contributed by atoms with E-state index in [-0.39, 0.29) is 17.6 Å². The molecule has 5 rings (SSSR count). The third kappa shape index (κ3) is 1.86. The number of rotatable bonds is 2. The Morgan fingerprint density at radius 1 is 1.20 bits per heavy atom. The van der Waals surface area contributed by atoms with Gasteiger partial charge < -0.3 is 5.11 Å². The zero-order valence-corrected chi connectivity index (χ0v) is 15.6. The van der Waals surface area contributed by atoms with E-state index < -0.39 is 28.0 Å². The Labute approximate surface area is 148 Å². The average Bonchev–Trinajstić information content (AvgIpc) is 2.58. The van der Waals surface area contributed by atoms with Crippen LogP contribution >= 0.6 is 0 Å². The normalized spacial score (nSPS) is 48.8. The number of Topliss-reactive ketones (excluding diaryl/α,β-unsaturated/α-hetero) is 1. The fourth-order valence-electron chi connectivity index (χ4n) is 6.15. The quantitative estimate of drug-likeness (QED) is 0.771. The highest BCUT2D eigenvalue weighted by Crippen LogP contribution is 2.67. The van der Waals surface area contributed by atoms with Gasteiger partial charge in [-0.15, -0.1) is 0 Å². The number of carbonyl (C=O) groups is 2. The minimum absolute atomic E-state index is 0.0462. The molecule has 1 N–H and O–H groups in total. The molecule has 5 atom stereocenters. The zero-order valence-electron chi connectivity index (χ0n) is 15.6. The van der Waals surface area contributed by atoms with Crippen molar-refractivity contribution in [3.63, 3.8) is 0 Å². The number of aliphatic carboxylic acids is 1. The molecule has 5 nitrogen and oxygen atoms in total. The monoisotopic (exact) mass is 348 g/mol. The summed E-state index contributed by atoms with van der Waals surface area (Å²) in [6, 6.07) is 0. The lowest BCUT2D eigenvalue weighted by atomic mass is 9.43. The molecule has 3 fully saturated rings. The van der Waals surface area contributed by atoms with Gasteiger partial charge in [-0.3, -0.25) is 9.59 Å². The van der Waals surface area contributed by atoms with Crippen molar-refractivity contribution in [1.82, 2.24) is 0 Å². The predicted octanol–water partition coefficient (Wildman–Crippen LogP) is 3.67. The van der Waals surface area contributed by atoms with Crippen molar-refractivity contribution in [1.29, 1.82) is 0 Å². The van der Waals surface area contributed by atoms with Crippen LogP contribution in [0.15, 0.2) is 11.6 Å². The molecule has 5 aliphatic rings. The van der Waals surface area contributed by atoms with Gasteiger partial charge in [-0.25, -0.2) is 9.78 Å². The first-order chi connectivity index (χ1) is 11.6.